The first-order valence-corrected chi connectivity index (χ1v) is 47.8. The minimum Gasteiger partial charge on any atom is -0.170 e. The van der Waals surface area contributed by atoms with Gasteiger partial charge in [0, 0.05) is 21.7 Å². The number of hydrogen-bond donors (Lipinski definition) is 0. The van der Waals surface area contributed by atoms with Crippen LogP contribution in [-0.2, 0) is 43.3 Å². The maximum atomic E-state index is 17.8. The lowest BCUT2D eigenvalue weighted by Crippen LogP contribution is -2.43. The molecule has 0 aliphatic heterocycles. The van der Waals surface area contributed by atoms with Crippen molar-refractivity contribution in [3.8, 4) is 66.8 Å². The third-order valence-corrected chi connectivity index (χ3v) is 31.0. The van der Waals surface area contributed by atoms with E-state index in [4.69, 9.17) is 0 Å². The molecular formula is C126H110F12. The molecule has 16 aromatic rings. The Labute approximate surface area is 802 Å². The van der Waals surface area contributed by atoms with Gasteiger partial charge in [-0.25, -0.2) is 0 Å². The zero-order valence-corrected chi connectivity index (χ0v) is 78.7. The molecule has 3 atom stereocenters. The van der Waals surface area contributed by atoms with Gasteiger partial charge >= 0.3 is 24.7 Å². The fraction of sp³-hybridized carbons (Fsp3) is 0.238. The summed E-state index contributed by atoms with van der Waals surface area (Å²) in [7, 11) is 0. The van der Waals surface area contributed by atoms with Gasteiger partial charge in [-0.1, -0.05) is 460 Å². The number of rotatable bonds is 29. The maximum Gasteiger partial charge on any atom is 0.402 e. The fourth-order valence-electron chi connectivity index (χ4n) is 22.8. The average molecular weight is 1850 g/mol. The highest BCUT2D eigenvalue weighted by molar-refractivity contribution is 5.84. The van der Waals surface area contributed by atoms with Gasteiger partial charge in [-0.15, -0.1) is 0 Å². The van der Waals surface area contributed by atoms with Crippen LogP contribution < -0.4 is 0 Å². The van der Waals surface area contributed by atoms with Crippen LogP contribution in [0.2, 0.25) is 0 Å². The highest BCUT2D eigenvalue weighted by atomic mass is 19.4. The Kier molecular flexibility index (Phi) is 25.4. The summed E-state index contributed by atoms with van der Waals surface area (Å²) in [5, 5.41) is 0. The molecule has 0 nitrogen and oxygen atoms in total. The van der Waals surface area contributed by atoms with E-state index in [1.807, 2.05) is 191 Å². The van der Waals surface area contributed by atoms with Crippen LogP contribution in [0.25, 0.3) is 66.8 Å². The molecule has 2 aliphatic rings. The lowest BCUT2D eigenvalue weighted by Gasteiger charge is -2.39. The van der Waals surface area contributed by atoms with Gasteiger partial charge in [0.2, 0.25) is 0 Å². The summed E-state index contributed by atoms with van der Waals surface area (Å²) < 4.78 is 197. The van der Waals surface area contributed by atoms with E-state index < -0.39 is 68.0 Å². The van der Waals surface area contributed by atoms with Crippen LogP contribution in [0.4, 0.5) is 52.7 Å². The van der Waals surface area contributed by atoms with Crippen molar-refractivity contribution in [1.82, 2.24) is 0 Å². The molecule has 0 bridgehead atoms. The lowest BCUT2D eigenvalue weighted by atomic mass is 9.66. The summed E-state index contributed by atoms with van der Waals surface area (Å²) in [5.74, 6) is 0. The second-order valence-corrected chi connectivity index (χ2v) is 39.7. The third-order valence-electron chi connectivity index (χ3n) is 31.0. The summed E-state index contributed by atoms with van der Waals surface area (Å²) in [6, 6.07) is 123. The first-order chi connectivity index (χ1) is 66.0. The Balaban J connectivity index is 0.672. The highest BCUT2D eigenvalue weighted by Crippen LogP contribution is 2.60. The molecule has 698 valence electrons. The van der Waals surface area contributed by atoms with Crippen LogP contribution in [-0.4, -0.2) is 24.7 Å². The van der Waals surface area contributed by atoms with Crippen molar-refractivity contribution in [2.45, 2.75) is 188 Å². The van der Waals surface area contributed by atoms with E-state index in [0.717, 1.165) is 82.0 Å². The molecule has 18 rings (SSSR count). The van der Waals surface area contributed by atoms with Crippen molar-refractivity contribution >= 4 is 0 Å². The van der Waals surface area contributed by atoms with Crippen LogP contribution >= 0.6 is 0 Å². The van der Waals surface area contributed by atoms with Crippen LogP contribution in [0.5, 0.6) is 0 Å². The molecule has 2 aliphatic carbocycles. The van der Waals surface area contributed by atoms with E-state index in [1.54, 1.807) is 115 Å². The first kappa shape index (κ1) is 95.0. The van der Waals surface area contributed by atoms with Gasteiger partial charge < -0.3 is 0 Å². The van der Waals surface area contributed by atoms with Crippen molar-refractivity contribution in [1.29, 1.82) is 0 Å². The van der Waals surface area contributed by atoms with Crippen molar-refractivity contribution < 1.29 is 52.7 Å². The monoisotopic (exact) mass is 1850 g/mol. The summed E-state index contributed by atoms with van der Waals surface area (Å²) in [4.78, 5) is 0. The Hall–Kier alpha value is -13.3. The van der Waals surface area contributed by atoms with Crippen molar-refractivity contribution in [3.63, 3.8) is 0 Å². The second-order valence-electron chi connectivity index (χ2n) is 39.7. The molecule has 0 heterocycles. The molecule has 3 unspecified atom stereocenters. The zero-order valence-electron chi connectivity index (χ0n) is 78.7. The standard InChI is InChI=1S/C126H110F12/c1-85-51-71-107-109-73-69-105(83-113(109)115(2,3)111(107)79-85)121(125(133,134)135,77-31-15-29-75-119(96-39-17-9-18-40-96,97-41-19-10-20-42-97)98-43-21-11-22-44-98)102-64-56-88(57-65-102)92-37-34-38-93(81-92)89-58-66-103(67-59-89)122(126(136,137)138,78-32-16-30-76-120(99-45-23-12-24-46-99,100-47-25-13-26-48-100)101-49-27-14-28-50-101)106-70-74-110-108-72-68-104(82-112(108)116(4,5)114(110)84-106)118(8,124(130,131)132)95-62-54-87(55-63-95)91-36-33-35-90(80-91)86-52-60-94(61-53-86)117(6,7)123(127,128)129/h9-14,17-28,33-74,79-84H,15-16,29-32,75-78H2,1-8H3. The predicted molar refractivity (Wildman–Crippen MR) is 537 cm³/mol. The molecule has 0 fully saturated rings. The molecule has 0 N–H and O–H groups in total. The number of fused-ring (bicyclic) bond motifs is 6. The quantitative estimate of drug-likeness (QED) is 0.0249. The summed E-state index contributed by atoms with van der Waals surface area (Å²) in [5.41, 5.74) is 6.31. The van der Waals surface area contributed by atoms with Crippen molar-refractivity contribution in [2.24, 2.45) is 0 Å². The highest BCUT2D eigenvalue weighted by Gasteiger charge is 2.60. The minimum absolute atomic E-state index is 0.00546. The van der Waals surface area contributed by atoms with E-state index in [9.17, 15) is 13.2 Å². The van der Waals surface area contributed by atoms with E-state index in [-0.39, 0.29) is 64.6 Å². The smallest absolute Gasteiger partial charge is 0.170 e. The Morgan fingerprint density at radius 1 is 0.196 bits per heavy atom. The van der Waals surface area contributed by atoms with Gasteiger partial charge in [-0.05, 0) is 227 Å². The van der Waals surface area contributed by atoms with E-state index in [2.05, 4.69) is 98.8 Å². The SMILES string of the molecule is Cc1ccc2c(c1)C(C)(C)c1cc(C(CCCCCC(c3ccccc3)(c3ccccc3)c3ccccc3)(c3ccc(-c4cccc(-c5ccc(C(CCCCCC(c6ccccc6)(c6ccccc6)c6ccccc6)(c6ccc7c(c6)C(C)(C)c6cc(C(C)(c8ccc(-c9cccc(-c%10ccc(C(C)(C)C(F)(F)F)cc%10)c9)cc8)C(F)(F)F)ccc6-7)C(F)(F)F)cc5)c4)cc3)C(F)(F)F)ccc1-2. The van der Waals surface area contributed by atoms with Crippen LogP contribution in [0.15, 0.2) is 400 Å². The lowest BCUT2D eigenvalue weighted by molar-refractivity contribution is -0.181. The Bertz CT molecular complexity index is 6800. The van der Waals surface area contributed by atoms with Crippen molar-refractivity contribution in [3.05, 3.63) is 501 Å². The average Bonchev–Trinajstić information content (AvgIpc) is 1.54. The van der Waals surface area contributed by atoms with Gasteiger partial charge in [-0.3, -0.25) is 0 Å². The van der Waals surface area contributed by atoms with Gasteiger partial charge in [0.15, 0.2) is 0 Å². The maximum absolute atomic E-state index is 17.8. The number of benzene rings is 16. The molecule has 138 heavy (non-hydrogen) atoms. The van der Waals surface area contributed by atoms with Gasteiger partial charge in [0.05, 0.1) is 5.41 Å². The van der Waals surface area contributed by atoms with Gasteiger partial charge in [-0.2, -0.15) is 52.7 Å². The zero-order chi connectivity index (χ0) is 97.1. The Morgan fingerprint density at radius 3 is 0.739 bits per heavy atom. The molecule has 0 radical (unpaired) electrons. The summed E-state index contributed by atoms with van der Waals surface area (Å²) in [6.07, 6.45) is -16.0. The molecular weight excluding hydrogens is 1740 g/mol. The van der Waals surface area contributed by atoms with Crippen LogP contribution in [0, 0.1) is 6.92 Å². The molecule has 12 heteroatoms. The molecule has 0 spiro atoms. The first-order valence-electron chi connectivity index (χ1n) is 47.8. The van der Waals surface area contributed by atoms with Crippen molar-refractivity contribution in [2.75, 3.05) is 0 Å². The molecule has 0 saturated heterocycles. The molecule has 0 saturated carbocycles. The Morgan fingerprint density at radius 2 is 0.449 bits per heavy atom. The minimum atomic E-state index is -4.94. The number of aryl methyl sites for hydroxylation is 1. The third kappa shape index (κ3) is 16.8. The van der Waals surface area contributed by atoms with Gasteiger partial charge in [0.25, 0.3) is 0 Å². The number of halogens is 12. The normalized spacial score (nSPS) is 15.0. The van der Waals surface area contributed by atoms with E-state index >= 15 is 39.5 Å². The predicted octanol–water partition coefficient (Wildman–Crippen LogP) is 35.7. The number of unbranched alkanes of at least 4 members (excludes halogenated alkanes) is 4. The number of alkyl halides is 12. The van der Waals surface area contributed by atoms with E-state index in [1.165, 1.54) is 30.3 Å². The van der Waals surface area contributed by atoms with Crippen LogP contribution in [0.1, 0.15) is 213 Å². The van der Waals surface area contributed by atoms with Gasteiger partial charge in [0.1, 0.15) is 16.2 Å². The largest absolute Gasteiger partial charge is 0.402 e. The molecule has 0 amide bonds. The second kappa shape index (κ2) is 36.9. The topological polar surface area (TPSA) is 0 Å². The molecule has 0 aromatic heterocycles. The van der Waals surface area contributed by atoms with Crippen LogP contribution in [0.3, 0.4) is 0 Å². The fourth-order valence-corrected chi connectivity index (χ4v) is 22.8. The summed E-state index contributed by atoms with van der Waals surface area (Å²) in [6.45, 7) is 13.3. The number of hydrogen-bond acceptors (Lipinski definition) is 0. The van der Waals surface area contributed by atoms with E-state index in [0.29, 0.717) is 105 Å². The molecule has 16 aromatic carbocycles. The summed E-state index contributed by atoms with van der Waals surface area (Å²) >= 11 is 0.